The molecule has 1 rings (SSSR count). The Hall–Kier alpha value is -0.870. The van der Waals surface area contributed by atoms with E-state index >= 15 is 0 Å². The zero-order chi connectivity index (χ0) is 12.7. The number of thioether (sulfide) groups is 1. The van der Waals surface area contributed by atoms with Crippen molar-refractivity contribution in [3.8, 4) is 0 Å². The van der Waals surface area contributed by atoms with Gasteiger partial charge in [0.25, 0.3) is 0 Å². The van der Waals surface area contributed by atoms with Gasteiger partial charge in [0.2, 0.25) is 0 Å². The SMILES string of the molecule is C=CCSCCNC(C)c1ccc(F)c(F)c1. The molecule has 1 N–H and O–H groups in total. The van der Waals surface area contributed by atoms with Crippen molar-refractivity contribution in [2.45, 2.75) is 13.0 Å². The zero-order valence-electron chi connectivity index (χ0n) is 9.88. The van der Waals surface area contributed by atoms with Gasteiger partial charge in [-0.25, -0.2) is 8.78 Å². The first-order valence-electron chi connectivity index (χ1n) is 5.52. The third-order valence-electron chi connectivity index (χ3n) is 2.38. The number of halogens is 2. The van der Waals surface area contributed by atoms with Crippen molar-refractivity contribution in [1.82, 2.24) is 5.32 Å². The average molecular weight is 257 g/mol. The Balaban J connectivity index is 2.38. The number of rotatable bonds is 7. The lowest BCUT2D eigenvalue weighted by Crippen LogP contribution is -2.21. The summed E-state index contributed by atoms with van der Waals surface area (Å²) in [6.07, 6.45) is 1.86. The molecule has 1 nitrogen and oxygen atoms in total. The molecule has 0 radical (unpaired) electrons. The first-order valence-corrected chi connectivity index (χ1v) is 6.67. The molecule has 94 valence electrons. The minimum atomic E-state index is -0.803. The Labute approximate surface area is 105 Å². The van der Waals surface area contributed by atoms with Crippen LogP contribution in [0.25, 0.3) is 0 Å². The molecule has 17 heavy (non-hydrogen) atoms. The highest BCUT2D eigenvalue weighted by Gasteiger charge is 2.08. The van der Waals surface area contributed by atoms with Crippen molar-refractivity contribution in [3.05, 3.63) is 48.1 Å². The molecule has 1 aromatic rings. The lowest BCUT2D eigenvalue weighted by molar-refractivity contribution is 0.502. The van der Waals surface area contributed by atoms with E-state index in [2.05, 4.69) is 11.9 Å². The molecular weight excluding hydrogens is 240 g/mol. The van der Waals surface area contributed by atoms with Crippen LogP contribution >= 0.6 is 11.8 Å². The van der Waals surface area contributed by atoms with Crippen LogP contribution in [0, 0.1) is 11.6 Å². The van der Waals surface area contributed by atoms with Crippen LogP contribution in [0.4, 0.5) is 8.78 Å². The Morgan fingerprint density at radius 3 is 2.82 bits per heavy atom. The van der Waals surface area contributed by atoms with Crippen molar-refractivity contribution in [2.75, 3.05) is 18.1 Å². The molecule has 0 aliphatic rings. The monoisotopic (exact) mass is 257 g/mol. The minimum Gasteiger partial charge on any atom is -0.309 e. The zero-order valence-corrected chi connectivity index (χ0v) is 10.7. The summed E-state index contributed by atoms with van der Waals surface area (Å²) in [5.41, 5.74) is 0.762. The Morgan fingerprint density at radius 1 is 1.41 bits per heavy atom. The van der Waals surface area contributed by atoms with Crippen LogP contribution < -0.4 is 5.32 Å². The largest absolute Gasteiger partial charge is 0.309 e. The molecule has 1 unspecified atom stereocenters. The van der Waals surface area contributed by atoms with Gasteiger partial charge in [-0.05, 0) is 24.6 Å². The lowest BCUT2D eigenvalue weighted by Gasteiger charge is -2.14. The maximum absolute atomic E-state index is 13.0. The fourth-order valence-corrected chi connectivity index (χ4v) is 2.01. The average Bonchev–Trinajstić information content (AvgIpc) is 2.32. The molecule has 1 atom stereocenters. The molecule has 0 fully saturated rings. The smallest absolute Gasteiger partial charge is 0.159 e. The topological polar surface area (TPSA) is 12.0 Å². The molecule has 4 heteroatoms. The molecule has 0 aliphatic heterocycles. The van der Waals surface area contributed by atoms with Crippen LogP contribution in [-0.4, -0.2) is 18.1 Å². The summed E-state index contributed by atoms with van der Waals surface area (Å²) in [5, 5.41) is 3.26. The van der Waals surface area contributed by atoms with Crippen molar-refractivity contribution in [2.24, 2.45) is 0 Å². The molecule has 0 saturated carbocycles. The van der Waals surface area contributed by atoms with E-state index in [1.807, 2.05) is 13.0 Å². The predicted octanol–water partition coefficient (Wildman–Crippen LogP) is 3.53. The van der Waals surface area contributed by atoms with E-state index in [4.69, 9.17) is 0 Å². The summed E-state index contributed by atoms with van der Waals surface area (Å²) in [5.74, 6) is 0.307. The van der Waals surface area contributed by atoms with Gasteiger partial charge in [-0.1, -0.05) is 12.1 Å². The molecule has 0 saturated heterocycles. The maximum atomic E-state index is 13.0. The van der Waals surface area contributed by atoms with Gasteiger partial charge >= 0.3 is 0 Å². The summed E-state index contributed by atoms with van der Waals surface area (Å²) in [6, 6.07) is 4.03. The van der Waals surface area contributed by atoms with Gasteiger partial charge in [-0.2, -0.15) is 11.8 Å². The minimum absolute atomic E-state index is 0.0226. The molecule has 0 heterocycles. The number of hydrogen-bond donors (Lipinski definition) is 1. The summed E-state index contributed by atoms with van der Waals surface area (Å²) in [6.45, 7) is 6.41. The van der Waals surface area contributed by atoms with E-state index in [1.54, 1.807) is 17.8 Å². The fourth-order valence-electron chi connectivity index (χ4n) is 1.41. The Morgan fingerprint density at radius 2 is 2.18 bits per heavy atom. The summed E-state index contributed by atoms with van der Waals surface area (Å²) >= 11 is 1.78. The van der Waals surface area contributed by atoms with Gasteiger partial charge < -0.3 is 5.32 Å². The molecule has 1 aromatic carbocycles. The molecule has 0 amide bonds. The van der Waals surface area contributed by atoms with Crippen LogP contribution in [0.5, 0.6) is 0 Å². The van der Waals surface area contributed by atoms with Gasteiger partial charge in [-0.15, -0.1) is 6.58 Å². The van der Waals surface area contributed by atoms with E-state index in [1.165, 1.54) is 6.07 Å². The van der Waals surface area contributed by atoms with Gasteiger partial charge in [0.15, 0.2) is 11.6 Å². The first-order chi connectivity index (χ1) is 8.15. The molecule has 0 bridgehead atoms. The van der Waals surface area contributed by atoms with Gasteiger partial charge in [0.05, 0.1) is 0 Å². The second-order valence-electron chi connectivity index (χ2n) is 3.71. The fraction of sp³-hybridized carbons (Fsp3) is 0.385. The van der Waals surface area contributed by atoms with Gasteiger partial charge in [0.1, 0.15) is 0 Å². The quantitative estimate of drug-likeness (QED) is 0.592. The van der Waals surface area contributed by atoms with E-state index in [0.29, 0.717) is 0 Å². The number of nitrogens with one attached hydrogen (secondary N) is 1. The van der Waals surface area contributed by atoms with Crippen LogP contribution in [0.3, 0.4) is 0 Å². The van der Waals surface area contributed by atoms with Gasteiger partial charge in [-0.3, -0.25) is 0 Å². The normalized spacial score (nSPS) is 12.4. The first kappa shape index (κ1) is 14.2. The third-order valence-corrected chi connectivity index (χ3v) is 3.34. The molecular formula is C13H17F2NS. The van der Waals surface area contributed by atoms with Crippen LogP contribution in [0.2, 0.25) is 0 Å². The van der Waals surface area contributed by atoms with Crippen LogP contribution in [0.1, 0.15) is 18.5 Å². The highest BCUT2D eigenvalue weighted by atomic mass is 32.2. The van der Waals surface area contributed by atoms with E-state index in [0.717, 1.165) is 29.7 Å². The highest BCUT2D eigenvalue weighted by molar-refractivity contribution is 7.99. The molecule has 0 aromatic heterocycles. The summed E-state index contributed by atoms with van der Waals surface area (Å²) in [7, 11) is 0. The standard InChI is InChI=1S/C13H17F2NS/c1-3-7-17-8-6-16-10(2)11-4-5-12(14)13(15)9-11/h3-5,9-10,16H,1,6-8H2,2H3. The van der Waals surface area contributed by atoms with Crippen LogP contribution in [0.15, 0.2) is 30.9 Å². The van der Waals surface area contributed by atoms with Crippen LogP contribution in [-0.2, 0) is 0 Å². The van der Waals surface area contributed by atoms with Crippen molar-refractivity contribution in [1.29, 1.82) is 0 Å². The summed E-state index contributed by atoms with van der Waals surface area (Å²) in [4.78, 5) is 0. The molecule has 0 aliphatic carbocycles. The van der Waals surface area contributed by atoms with Crippen molar-refractivity contribution >= 4 is 11.8 Å². The highest BCUT2D eigenvalue weighted by Crippen LogP contribution is 2.15. The number of benzene rings is 1. The summed E-state index contributed by atoms with van der Waals surface area (Å²) < 4.78 is 25.8. The second-order valence-corrected chi connectivity index (χ2v) is 4.86. The Kier molecular flexibility index (Phi) is 6.22. The predicted molar refractivity (Wildman–Crippen MR) is 70.3 cm³/mol. The lowest BCUT2D eigenvalue weighted by atomic mass is 10.1. The van der Waals surface area contributed by atoms with Crippen molar-refractivity contribution < 1.29 is 8.78 Å². The molecule has 0 spiro atoms. The van der Waals surface area contributed by atoms with E-state index in [9.17, 15) is 8.78 Å². The third kappa shape index (κ3) is 4.88. The van der Waals surface area contributed by atoms with E-state index < -0.39 is 11.6 Å². The Bertz CT molecular complexity index is 368. The van der Waals surface area contributed by atoms with Gasteiger partial charge in [0, 0.05) is 24.1 Å². The van der Waals surface area contributed by atoms with Crippen molar-refractivity contribution in [3.63, 3.8) is 0 Å². The maximum Gasteiger partial charge on any atom is 0.159 e. The number of hydrogen-bond acceptors (Lipinski definition) is 2. The van der Waals surface area contributed by atoms with E-state index in [-0.39, 0.29) is 6.04 Å². The second kappa shape index (κ2) is 7.45.